The maximum absolute atomic E-state index is 13.3. The summed E-state index contributed by atoms with van der Waals surface area (Å²) in [5.41, 5.74) is 1.47. The lowest BCUT2D eigenvalue weighted by atomic mass is 9.93. The van der Waals surface area contributed by atoms with Crippen LogP contribution in [-0.2, 0) is 28.7 Å². The molecule has 0 unspecified atom stereocenters. The molecule has 38 heavy (non-hydrogen) atoms. The number of hydrogen-bond donors (Lipinski definition) is 1. The molecule has 0 spiro atoms. The number of methoxy groups -OCH3 is 1. The smallest absolute Gasteiger partial charge is 0.436 e. The fourth-order valence-electron chi connectivity index (χ4n) is 4.47. The van der Waals surface area contributed by atoms with Gasteiger partial charge in [0, 0.05) is 39.5 Å². The molecule has 0 aliphatic carbocycles. The molecule has 0 saturated heterocycles. The van der Waals surface area contributed by atoms with E-state index in [1.807, 2.05) is 18.9 Å². The number of nitrogens with zero attached hydrogens (tertiary/aromatic N) is 7. The number of aromatic nitrogens is 5. The van der Waals surface area contributed by atoms with Crippen LogP contribution < -0.4 is 19.9 Å². The number of likely N-dealkylation sites (N-methyl/N-ethyl adjacent to an activating group) is 1. The number of rotatable bonds is 7. The summed E-state index contributed by atoms with van der Waals surface area (Å²) in [6, 6.07) is 3.34. The molecule has 5 heterocycles. The average molecular weight is 531 g/mol. The first-order valence-electron chi connectivity index (χ1n) is 11.8. The number of anilines is 3. The van der Waals surface area contributed by atoms with E-state index in [-0.39, 0.29) is 24.1 Å². The van der Waals surface area contributed by atoms with E-state index >= 15 is 0 Å². The zero-order valence-corrected chi connectivity index (χ0v) is 20.9. The molecule has 1 amide bonds. The average Bonchev–Trinajstić information content (AvgIpc) is 2.90. The predicted octanol–water partition coefficient (Wildman–Crippen LogP) is 3.22. The summed E-state index contributed by atoms with van der Waals surface area (Å²) in [7, 11) is 3.40. The van der Waals surface area contributed by atoms with Crippen LogP contribution >= 0.6 is 0 Å². The molecule has 11 nitrogen and oxygen atoms in total. The fraction of sp³-hybridized carbons (Fsp3) is 0.417. The largest absolute Gasteiger partial charge is 0.451 e. The molecule has 0 radical (unpaired) electrons. The van der Waals surface area contributed by atoms with Crippen molar-refractivity contribution in [3.63, 3.8) is 0 Å². The van der Waals surface area contributed by atoms with Gasteiger partial charge in [-0.05, 0) is 25.3 Å². The number of alkyl halides is 3. The number of pyridine rings is 1. The van der Waals surface area contributed by atoms with Crippen LogP contribution in [0.3, 0.4) is 0 Å². The number of carbonyl (C=O) groups excluding carboxylic acids is 1. The Morgan fingerprint density at radius 1 is 1.13 bits per heavy atom. The van der Waals surface area contributed by atoms with E-state index in [2.05, 4.69) is 25.3 Å². The highest BCUT2D eigenvalue weighted by Gasteiger charge is 2.49. The van der Waals surface area contributed by atoms with Crippen LogP contribution in [-0.4, -0.2) is 63.7 Å². The van der Waals surface area contributed by atoms with Gasteiger partial charge < -0.3 is 24.6 Å². The highest BCUT2D eigenvalue weighted by atomic mass is 19.4. The standard InChI is InChI=1S/C24H25F3N8O3/c1-23(13-37-3)21(36)35-8-4-5-16-18(35)19(34(23)2)33-22(32-16)31-10-14-6-7-17(28-9-14)38-15-11-29-20(30-12-15)24(25,26)27/h6-7,9,11-12H,4-5,8,10,13H2,1-3H3,(H,31,32,33)/t23-/m0/s1. The summed E-state index contributed by atoms with van der Waals surface area (Å²) in [6.45, 7) is 3.04. The van der Waals surface area contributed by atoms with Gasteiger partial charge in [-0.2, -0.15) is 18.2 Å². The Morgan fingerprint density at radius 3 is 2.55 bits per heavy atom. The first-order chi connectivity index (χ1) is 18.1. The SMILES string of the molecule is COC[C@@]1(C)C(=O)N2CCCc3nc(NCc4ccc(Oc5cnc(C(F)(F)F)nc5)nc4)nc(c32)N1C. The van der Waals surface area contributed by atoms with Gasteiger partial charge in [0.05, 0.1) is 24.7 Å². The maximum Gasteiger partial charge on any atom is 0.451 e. The number of carbonyl (C=O) groups is 1. The number of hydrogen-bond acceptors (Lipinski definition) is 10. The normalized spacial score (nSPS) is 18.8. The van der Waals surface area contributed by atoms with Crippen molar-refractivity contribution in [3.8, 4) is 11.6 Å². The second kappa shape index (κ2) is 9.67. The van der Waals surface area contributed by atoms with Gasteiger partial charge >= 0.3 is 6.18 Å². The third-order valence-electron chi connectivity index (χ3n) is 6.54. The number of halogens is 3. The molecular formula is C24H25F3N8O3. The number of ether oxygens (including phenoxy) is 2. The van der Waals surface area contributed by atoms with Crippen LogP contribution in [0.15, 0.2) is 30.7 Å². The van der Waals surface area contributed by atoms with Gasteiger partial charge in [0.1, 0.15) is 11.2 Å². The van der Waals surface area contributed by atoms with Crippen molar-refractivity contribution < 1.29 is 27.4 Å². The van der Waals surface area contributed by atoms with Gasteiger partial charge in [-0.3, -0.25) is 4.79 Å². The van der Waals surface area contributed by atoms with Crippen molar-refractivity contribution in [2.24, 2.45) is 0 Å². The Hall–Kier alpha value is -4.07. The third kappa shape index (κ3) is 4.66. The number of amides is 1. The fourth-order valence-corrected chi connectivity index (χ4v) is 4.47. The van der Waals surface area contributed by atoms with E-state index in [4.69, 9.17) is 14.5 Å². The van der Waals surface area contributed by atoms with E-state index in [0.29, 0.717) is 24.9 Å². The van der Waals surface area contributed by atoms with Crippen molar-refractivity contribution in [3.05, 3.63) is 47.8 Å². The minimum absolute atomic E-state index is 0.0316. The van der Waals surface area contributed by atoms with Crippen LogP contribution in [0.1, 0.15) is 30.4 Å². The van der Waals surface area contributed by atoms with Crippen molar-refractivity contribution in [1.82, 2.24) is 24.9 Å². The molecular weight excluding hydrogens is 505 g/mol. The molecule has 2 aliphatic heterocycles. The summed E-state index contributed by atoms with van der Waals surface area (Å²) in [4.78, 5) is 37.0. The van der Waals surface area contributed by atoms with Gasteiger partial charge in [-0.25, -0.2) is 19.9 Å². The summed E-state index contributed by atoms with van der Waals surface area (Å²) in [6.07, 6.45) is 0.362. The first-order valence-corrected chi connectivity index (χ1v) is 11.8. The molecule has 2 aliphatic rings. The quantitative estimate of drug-likeness (QED) is 0.488. The lowest BCUT2D eigenvalue weighted by molar-refractivity contribution is -0.145. The van der Waals surface area contributed by atoms with Crippen LogP contribution in [0, 0.1) is 0 Å². The molecule has 0 bridgehead atoms. The Balaban J connectivity index is 1.29. The molecule has 14 heteroatoms. The highest BCUT2D eigenvalue weighted by Crippen LogP contribution is 2.43. The zero-order chi connectivity index (χ0) is 27.1. The Kier molecular flexibility index (Phi) is 6.51. The minimum Gasteiger partial charge on any atom is -0.436 e. The molecule has 0 saturated carbocycles. The highest BCUT2D eigenvalue weighted by molar-refractivity contribution is 6.08. The maximum atomic E-state index is 13.3. The predicted molar refractivity (Wildman–Crippen MR) is 130 cm³/mol. The number of nitrogens with one attached hydrogen (secondary N) is 1. The lowest BCUT2D eigenvalue weighted by Crippen LogP contribution is -2.64. The zero-order valence-electron chi connectivity index (χ0n) is 20.9. The topological polar surface area (TPSA) is 118 Å². The lowest BCUT2D eigenvalue weighted by Gasteiger charge is -2.48. The van der Waals surface area contributed by atoms with Crippen molar-refractivity contribution >= 4 is 23.4 Å². The van der Waals surface area contributed by atoms with E-state index in [1.165, 1.54) is 0 Å². The third-order valence-corrected chi connectivity index (χ3v) is 6.54. The summed E-state index contributed by atoms with van der Waals surface area (Å²) >= 11 is 0. The number of aryl methyl sites for hydroxylation is 1. The van der Waals surface area contributed by atoms with Gasteiger partial charge in [0.25, 0.3) is 5.91 Å². The molecule has 0 aromatic carbocycles. The Labute approximate surface area is 216 Å². The molecule has 1 N–H and O–H groups in total. The van der Waals surface area contributed by atoms with Gasteiger partial charge in [0.15, 0.2) is 11.6 Å². The van der Waals surface area contributed by atoms with Crippen molar-refractivity contribution in [2.75, 3.05) is 42.4 Å². The van der Waals surface area contributed by atoms with E-state index in [0.717, 1.165) is 42.2 Å². The Bertz CT molecular complexity index is 1340. The molecule has 5 rings (SSSR count). The van der Waals surface area contributed by atoms with Crippen molar-refractivity contribution in [2.45, 2.75) is 38.0 Å². The molecule has 200 valence electrons. The van der Waals surface area contributed by atoms with Gasteiger partial charge in [-0.15, -0.1) is 0 Å². The monoisotopic (exact) mass is 530 g/mol. The van der Waals surface area contributed by atoms with E-state index in [9.17, 15) is 18.0 Å². The van der Waals surface area contributed by atoms with Crippen LogP contribution in [0.2, 0.25) is 0 Å². The second-order valence-corrected chi connectivity index (χ2v) is 9.19. The van der Waals surface area contributed by atoms with Gasteiger partial charge in [0.2, 0.25) is 17.7 Å². The first kappa shape index (κ1) is 25.6. The van der Waals surface area contributed by atoms with E-state index < -0.39 is 17.5 Å². The Morgan fingerprint density at radius 2 is 1.89 bits per heavy atom. The van der Waals surface area contributed by atoms with Crippen LogP contribution in [0.25, 0.3) is 0 Å². The van der Waals surface area contributed by atoms with Gasteiger partial charge in [-0.1, -0.05) is 6.07 Å². The van der Waals surface area contributed by atoms with Crippen LogP contribution in [0.4, 0.5) is 30.6 Å². The molecule has 1 atom stereocenters. The second-order valence-electron chi connectivity index (χ2n) is 9.19. The van der Waals surface area contributed by atoms with Crippen molar-refractivity contribution in [1.29, 1.82) is 0 Å². The summed E-state index contributed by atoms with van der Waals surface area (Å²) in [5, 5.41) is 3.21. The van der Waals surface area contributed by atoms with Crippen LogP contribution in [0.5, 0.6) is 11.6 Å². The molecule has 3 aromatic rings. The molecule has 0 fully saturated rings. The minimum atomic E-state index is -4.62. The summed E-state index contributed by atoms with van der Waals surface area (Å²) in [5.74, 6) is 0.0172. The van der Waals surface area contributed by atoms with E-state index in [1.54, 1.807) is 30.3 Å². The molecule has 3 aromatic heterocycles. The summed E-state index contributed by atoms with van der Waals surface area (Å²) < 4.78 is 48.6.